The number of nitrogens with one attached hydrogen (secondary N) is 2. The van der Waals surface area contributed by atoms with E-state index in [9.17, 15) is 9.59 Å². The van der Waals surface area contributed by atoms with Crippen LogP contribution in [0.3, 0.4) is 0 Å². The Morgan fingerprint density at radius 1 is 1.09 bits per heavy atom. The normalized spacial score (nSPS) is 16.8. The molecule has 0 fully saturated rings. The second-order valence-electron chi connectivity index (χ2n) is 8.56. The molecule has 180 valence electrons. The van der Waals surface area contributed by atoms with Gasteiger partial charge in [-0.3, -0.25) is 4.79 Å². The number of anilines is 1. The zero-order valence-corrected chi connectivity index (χ0v) is 21.2. The predicted octanol–water partition coefficient (Wildman–Crippen LogP) is 5.30. The molecule has 0 aromatic heterocycles. The second kappa shape index (κ2) is 11.3. The van der Waals surface area contributed by atoms with Crippen molar-refractivity contribution in [3.63, 3.8) is 0 Å². The fourth-order valence-electron chi connectivity index (χ4n) is 4.20. The third-order valence-corrected chi connectivity index (χ3v) is 6.25. The fraction of sp³-hybridized carbons (Fsp3) is 0.370. The highest BCUT2D eigenvalue weighted by Gasteiger charge is 2.34. The van der Waals surface area contributed by atoms with Gasteiger partial charge in [-0.25, -0.2) is 4.79 Å². The number of thiocarbonyl (C=S) groups is 1. The highest BCUT2D eigenvalue weighted by Crippen LogP contribution is 2.32. The van der Waals surface area contributed by atoms with Gasteiger partial charge >= 0.3 is 5.97 Å². The van der Waals surface area contributed by atoms with E-state index in [0.717, 1.165) is 16.8 Å². The van der Waals surface area contributed by atoms with Crippen LogP contribution in [0, 0.1) is 0 Å². The highest BCUT2D eigenvalue weighted by molar-refractivity contribution is 7.80. The first-order valence-electron chi connectivity index (χ1n) is 11.7. The average molecular weight is 480 g/mol. The van der Waals surface area contributed by atoms with Crippen molar-refractivity contribution in [2.75, 3.05) is 11.9 Å². The van der Waals surface area contributed by atoms with Gasteiger partial charge in [-0.1, -0.05) is 49.4 Å². The van der Waals surface area contributed by atoms with E-state index in [1.165, 1.54) is 0 Å². The van der Waals surface area contributed by atoms with Crippen LogP contribution in [-0.2, 0) is 14.3 Å². The van der Waals surface area contributed by atoms with Crippen LogP contribution in [0.1, 0.15) is 64.1 Å². The van der Waals surface area contributed by atoms with E-state index in [1.807, 2.05) is 94.1 Å². The number of rotatable bonds is 8. The summed E-state index contributed by atoms with van der Waals surface area (Å²) in [5, 5.41) is 6.87. The molecule has 0 saturated heterocycles. The molecule has 6 nitrogen and oxygen atoms in total. The molecular formula is C27H33N3O3S. The van der Waals surface area contributed by atoms with Crippen molar-refractivity contribution in [1.29, 1.82) is 0 Å². The fourth-order valence-corrected chi connectivity index (χ4v) is 4.58. The largest absolute Gasteiger partial charge is 0.459 e. The molecular weight excluding hydrogens is 446 g/mol. The van der Waals surface area contributed by atoms with Crippen molar-refractivity contribution < 1.29 is 14.3 Å². The van der Waals surface area contributed by atoms with Crippen molar-refractivity contribution in [1.82, 2.24) is 10.2 Å². The average Bonchev–Trinajstić information content (AvgIpc) is 2.80. The Morgan fingerprint density at radius 2 is 1.74 bits per heavy atom. The highest BCUT2D eigenvalue weighted by atomic mass is 32.1. The van der Waals surface area contributed by atoms with Crippen molar-refractivity contribution in [2.24, 2.45) is 0 Å². The Kier molecular flexibility index (Phi) is 8.45. The number of amides is 1. The van der Waals surface area contributed by atoms with Crippen LogP contribution in [0.15, 0.2) is 65.9 Å². The lowest BCUT2D eigenvalue weighted by Crippen LogP contribution is -2.47. The van der Waals surface area contributed by atoms with Gasteiger partial charge in [0.2, 0.25) is 5.91 Å². The van der Waals surface area contributed by atoms with E-state index in [4.69, 9.17) is 17.0 Å². The summed E-state index contributed by atoms with van der Waals surface area (Å²) in [7, 11) is 0. The number of nitrogens with zero attached hydrogens (tertiary/aromatic N) is 1. The zero-order valence-electron chi connectivity index (χ0n) is 20.4. The number of benzene rings is 2. The third-order valence-electron chi connectivity index (χ3n) is 5.91. The van der Waals surface area contributed by atoms with E-state index in [0.29, 0.717) is 29.3 Å². The van der Waals surface area contributed by atoms with E-state index in [1.54, 1.807) is 0 Å². The number of carbonyl (C=O) groups excluding carboxylic acids is 2. The van der Waals surface area contributed by atoms with Crippen molar-refractivity contribution >= 4 is 34.9 Å². The second-order valence-corrected chi connectivity index (χ2v) is 8.95. The van der Waals surface area contributed by atoms with Gasteiger partial charge in [-0.05, 0) is 69.6 Å². The van der Waals surface area contributed by atoms with Crippen LogP contribution < -0.4 is 10.6 Å². The number of carbonyl (C=O) groups is 2. The van der Waals surface area contributed by atoms with Crippen LogP contribution in [-0.4, -0.2) is 34.5 Å². The van der Waals surface area contributed by atoms with Gasteiger partial charge in [0.05, 0.1) is 23.6 Å². The summed E-state index contributed by atoms with van der Waals surface area (Å²) in [4.78, 5) is 27.8. The maximum atomic E-state index is 13.0. The van der Waals surface area contributed by atoms with E-state index in [2.05, 4.69) is 10.6 Å². The third kappa shape index (κ3) is 5.65. The minimum Gasteiger partial charge on any atom is -0.459 e. The molecule has 7 heteroatoms. The molecule has 0 unspecified atom stereocenters. The van der Waals surface area contributed by atoms with Gasteiger partial charge < -0.3 is 20.3 Å². The molecule has 1 aliphatic heterocycles. The van der Waals surface area contributed by atoms with Gasteiger partial charge in [0.25, 0.3) is 0 Å². The number of hydrogen-bond acceptors (Lipinski definition) is 4. The molecule has 2 aromatic rings. The van der Waals surface area contributed by atoms with Crippen molar-refractivity contribution in [3.05, 3.63) is 77.0 Å². The Bertz CT molecular complexity index is 1060. The molecule has 0 bridgehead atoms. The summed E-state index contributed by atoms with van der Waals surface area (Å²) in [5.74, 6) is -0.632. The van der Waals surface area contributed by atoms with Crippen LogP contribution in [0.4, 0.5) is 5.69 Å². The number of allylic oxidation sites excluding steroid dienone is 1. The Balaban J connectivity index is 1.84. The zero-order chi connectivity index (χ0) is 24.8. The number of hydrogen-bond donors (Lipinski definition) is 2. The van der Waals surface area contributed by atoms with Gasteiger partial charge in [-0.15, -0.1) is 0 Å². The quantitative estimate of drug-likeness (QED) is 0.396. The summed E-state index contributed by atoms with van der Waals surface area (Å²) in [6.45, 7) is 10.2. The summed E-state index contributed by atoms with van der Waals surface area (Å²) >= 11 is 5.55. The van der Waals surface area contributed by atoms with E-state index in [-0.39, 0.29) is 23.9 Å². The minimum atomic E-state index is -0.431. The topological polar surface area (TPSA) is 70.7 Å². The Morgan fingerprint density at radius 3 is 2.29 bits per heavy atom. The van der Waals surface area contributed by atoms with Gasteiger partial charge in [-0.2, -0.15) is 0 Å². The molecule has 2 N–H and O–H groups in total. The molecule has 2 atom stereocenters. The first kappa shape index (κ1) is 25.4. The monoisotopic (exact) mass is 479 g/mol. The van der Waals surface area contributed by atoms with Crippen molar-refractivity contribution in [2.45, 2.75) is 59.1 Å². The Labute approximate surface area is 207 Å². The molecule has 0 aliphatic carbocycles. The standard InChI is InChI=1S/C27H33N3O3S/c1-6-22(19-11-9-8-10-12-19)25(31)28-21-15-13-20(14-16-21)24-23(26(32)33-17(3)4)18(5)30(7-2)27(34)29-24/h8-17,22,24H,6-7H2,1-5H3,(H,28,31)(H,29,34)/t22-,24-/m0/s1. The smallest absolute Gasteiger partial charge is 0.338 e. The SMILES string of the molecule is CC[C@H](C(=O)Nc1ccc([C@@H]2NC(=S)N(CC)C(C)=C2C(=O)OC(C)C)cc1)c1ccccc1. The summed E-state index contributed by atoms with van der Waals surface area (Å²) < 4.78 is 5.53. The Hall–Kier alpha value is -3.19. The maximum absolute atomic E-state index is 13.0. The summed E-state index contributed by atoms with van der Waals surface area (Å²) in [6, 6.07) is 16.8. The van der Waals surface area contributed by atoms with Crippen LogP contribution >= 0.6 is 12.2 Å². The van der Waals surface area contributed by atoms with Crippen LogP contribution in [0.2, 0.25) is 0 Å². The first-order valence-corrected chi connectivity index (χ1v) is 12.1. The molecule has 0 radical (unpaired) electrons. The van der Waals surface area contributed by atoms with Crippen LogP contribution in [0.25, 0.3) is 0 Å². The lowest BCUT2D eigenvalue weighted by atomic mass is 9.94. The minimum absolute atomic E-state index is 0.0473. The molecule has 2 aromatic carbocycles. The summed E-state index contributed by atoms with van der Waals surface area (Å²) in [5.41, 5.74) is 3.88. The molecule has 1 aliphatic rings. The molecule has 0 spiro atoms. The van der Waals surface area contributed by atoms with Gasteiger partial charge in [0, 0.05) is 17.9 Å². The molecule has 3 rings (SSSR count). The first-order chi connectivity index (χ1) is 16.3. The maximum Gasteiger partial charge on any atom is 0.338 e. The van der Waals surface area contributed by atoms with Gasteiger partial charge in [0.1, 0.15) is 0 Å². The van der Waals surface area contributed by atoms with E-state index >= 15 is 0 Å². The summed E-state index contributed by atoms with van der Waals surface area (Å²) in [6.07, 6.45) is 0.475. The van der Waals surface area contributed by atoms with Crippen LogP contribution in [0.5, 0.6) is 0 Å². The van der Waals surface area contributed by atoms with Crippen molar-refractivity contribution in [3.8, 4) is 0 Å². The molecule has 1 amide bonds. The number of esters is 1. The lowest BCUT2D eigenvalue weighted by molar-refractivity contribution is -0.143. The molecule has 0 saturated carbocycles. The molecule has 34 heavy (non-hydrogen) atoms. The predicted molar refractivity (Wildman–Crippen MR) is 139 cm³/mol. The lowest BCUT2D eigenvalue weighted by Gasteiger charge is -2.37. The van der Waals surface area contributed by atoms with Gasteiger partial charge in [0.15, 0.2) is 5.11 Å². The van der Waals surface area contributed by atoms with E-state index < -0.39 is 6.04 Å². The number of ether oxygens (including phenoxy) is 1. The molecule has 1 heterocycles.